The van der Waals surface area contributed by atoms with Gasteiger partial charge in [0.15, 0.2) is 12.4 Å². The zero-order valence-electron chi connectivity index (χ0n) is 52.7. The summed E-state index contributed by atoms with van der Waals surface area (Å²) in [6, 6.07) is 0. The van der Waals surface area contributed by atoms with E-state index in [9.17, 15) is 19.5 Å². The van der Waals surface area contributed by atoms with Crippen molar-refractivity contribution in [3.05, 3.63) is 182 Å². The molecular formula is C74H115NO8. The van der Waals surface area contributed by atoms with E-state index >= 15 is 0 Å². The van der Waals surface area contributed by atoms with Crippen LogP contribution in [0.1, 0.15) is 206 Å². The maximum atomic E-state index is 12.9. The van der Waals surface area contributed by atoms with Crippen LogP contribution in [-0.4, -0.2) is 82.3 Å². The number of carboxylic acid groups (broad SMARTS) is 1. The number of hydrogen-bond donors (Lipinski definition) is 0. The highest BCUT2D eigenvalue weighted by molar-refractivity contribution is 5.70. The highest BCUT2D eigenvalue weighted by Gasteiger charge is 2.22. The average Bonchev–Trinajstić information content (AvgIpc) is 3.46. The van der Waals surface area contributed by atoms with Crippen LogP contribution in [0.3, 0.4) is 0 Å². The van der Waals surface area contributed by atoms with Crippen molar-refractivity contribution in [2.75, 3.05) is 47.5 Å². The van der Waals surface area contributed by atoms with Crippen molar-refractivity contribution in [3.8, 4) is 0 Å². The minimum Gasteiger partial charge on any atom is -0.545 e. The van der Waals surface area contributed by atoms with Gasteiger partial charge in [-0.05, 0) is 128 Å². The third kappa shape index (κ3) is 63.8. The Kier molecular flexibility index (Phi) is 58.2. The standard InChI is InChI=1S/C74H115NO8/c1-6-8-10-12-14-16-18-20-22-24-25-26-27-28-29-30-31-32-33-34-35-36-37-38-39-40-41-42-43-44-45-46-47-49-51-53-55-57-59-61-63-65-72(77)83-70(69-82-74(73(78)79)80-67-66-75(3,4)5)68-81-71(76)64-62-60-58-56-54-52-50-48-23-21-19-17-15-13-11-9-7-2/h8-11,14-17,20-23,25-26,28-29,31-32,34-35,37-38,40-41,43-44,50,52,56,58,70,74H,6-7,12-13,18-19,24,27,30,33,36,39,42,45-49,51,53-55,57,59-69H2,1-5H3/b10-8-,11-9-,16-14-,17-15-,22-20-,23-21-,26-25-,29-28-,32-31-,35-34-,38-37-,41-40-,44-43-,52-50-,58-56-. The highest BCUT2D eigenvalue weighted by atomic mass is 16.7. The molecule has 2 atom stereocenters. The summed E-state index contributed by atoms with van der Waals surface area (Å²) in [7, 11) is 5.89. The first-order chi connectivity index (χ1) is 40.6. The first-order valence-electron chi connectivity index (χ1n) is 31.9. The molecule has 0 spiro atoms. The molecule has 0 aromatic rings. The molecule has 0 aliphatic rings. The maximum absolute atomic E-state index is 12.9. The number of hydrogen-bond acceptors (Lipinski definition) is 8. The molecule has 0 rings (SSSR count). The van der Waals surface area contributed by atoms with Gasteiger partial charge in [0.1, 0.15) is 13.2 Å². The molecule has 2 unspecified atom stereocenters. The minimum absolute atomic E-state index is 0.128. The normalized spacial score (nSPS) is 14.0. The second kappa shape index (κ2) is 62.4. The van der Waals surface area contributed by atoms with Crippen molar-refractivity contribution in [2.24, 2.45) is 0 Å². The highest BCUT2D eigenvalue weighted by Crippen LogP contribution is 2.14. The lowest BCUT2D eigenvalue weighted by Gasteiger charge is -2.26. The summed E-state index contributed by atoms with van der Waals surface area (Å²) < 4.78 is 22.6. The predicted octanol–water partition coefficient (Wildman–Crippen LogP) is 18.3. The van der Waals surface area contributed by atoms with Crippen LogP contribution in [0.2, 0.25) is 0 Å². The summed E-state index contributed by atoms with van der Waals surface area (Å²) >= 11 is 0. The molecule has 9 nitrogen and oxygen atoms in total. The second-order valence-electron chi connectivity index (χ2n) is 21.6. The Hall–Kier alpha value is -5.61. The van der Waals surface area contributed by atoms with Crippen LogP contribution in [0, 0.1) is 0 Å². The van der Waals surface area contributed by atoms with Gasteiger partial charge in [-0.25, -0.2) is 0 Å². The van der Waals surface area contributed by atoms with Crippen LogP contribution in [0.4, 0.5) is 0 Å². The van der Waals surface area contributed by atoms with Crippen LogP contribution >= 0.6 is 0 Å². The SMILES string of the molecule is CC/C=C\C/C=C\C/C=C\C/C=C\C/C=C\C/C=C\C/C=C\C/C=C\C/C=C\C/C=C\CCCCCCCCCCCCC(=O)OC(COC(=O)CCC/C=C\C/C=C\C/C=C\C/C=C\C/C=C\CC)COC(OCC[N+](C)(C)C)C(=O)[O-]. The van der Waals surface area contributed by atoms with Gasteiger partial charge in [-0.2, -0.15) is 0 Å². The van der Waals surface area contributed by atoms with Gasteiger partial charge < -0.3 is 33.3 Å². The maximum Gasteiger partial charge on any atom is 0.306 e. The fourth-order valence-electron chi connectivity index (χ4n) is 7.83. The van der Waals surface area contributed by atoms with Gasteiger partial charge >= 0.3 is 11.9 Å². The number of quaternary nitrogens is 1. The van der Waals surface area contributed by atoms with Crippen molar-refractivity contribution >= 4 is 17.9 Å². The van der Waals surface area contributed by atoms with E-state index in [2.05, 4.69) is 196 Å². The van der Waals surface area contributed by atoms with E-state index in [1.165, 1.54) is 38.5 Å². The van der Waals surface area contributed by atoms with Crippen molar-refractivity contribution in [1.29, 1.82) is 0 Å². The van der Waals surface area contributed by atoms with Gasteiger partial charge in [-0.15, -0.1) is 0 Å². The van der Waals surface area contributed by atoms with Crippen LogP contribution in [0.25, 0.3) is 0 Å². The third-order valence-corrected chi connectivity index (χ3v) is 12.6. The van der Waals surface area contributed by atoms with E-state index in [1.807, 2.05) is 21.1 Å². The monoisotopic (exact) mass is 1150 g/mol. The molecule has 0 radical (unpaired) electrons. The summed E-state index contributed by atoms with van der Waals surface area (Å²) in [5, 5.41) is 11.8. The van der Waals surface area contributed by atoms with Crippen molar-refractivity contribution in [2.45, 2.75) is 219 Å². The van der Waals surface area contributed by atoms with Gasteiger partial charge in [-0.1, -0.05) is 247 Å². The largest absolute Gasteiger partial charge is 0.545 e. The first kappa shape index (κ1) is 77.4. The number of likely N-dealkylation sites (N-methyl/N-ethyl adjacent to an activating group) is 1. The van der Waals surface area contributed by atoms with Crippen molar-refractivity contribution < 1.29 is 42.9 Å². The summed E-state index contributed by atoms with van der Waals surface area (Å²) in [4.78, 5) is 37.3. The molecule has 0 aromatic heterocycles. The molecule has 83 heavy (non-hydrogen) atoms. The summed E-state index contributed by atoms with van der Waals surface area (Å²) in [6.07, 6.45) is 92.6. The van der Waals surface area contributed by atoms with Gasteiger partial charge in [0.25, 0.3) is 0 Å². The fraction of sp³-hybridized carbons (Fsp3) is 0.554. The van der Waals surface area contributed by atoms with E-state index in [0.717, 1.165) is 128 Å². The quantitative estimate of drug-likeness (QED) is 0.0195. The molecular weight excluding hydrogens is 1030 g/mol. The molecule has 0 N–H and O–H groups in total. The van der Waals surface area contributed by atoms with Gasteiger partial charge in [0.2, 0.25) is 0 Å². The number of carboxylic acids is 1. The Morgan fingerprint density at radius 2 is 0.663 bits per heavy atom. The number of allylic oxidation sites excluding steroid dienone is 30. The minimum atomic E-state index is -1.65. The first-order valence-corrected chi connectivity index (χ1v) is 31.9. The van der Waals surface area contributed by atoms with E-state index in [0.29, 0.717) is 23.9 Å². The molecule has 9 heteroatoms. The molecule has 0 saturated carbocycles. The topological polar surface area (TPSA) is 111 Å². The molecule has 0 bridgehead atoms. The summed E-state index contributed by atoms with van der Waals surface area (Å²) in [5.74, 6) is -2.39. The number of ether oxygens (including phenoxy) is 4. The number of nitrogens with zero attached hydrogens (tertiary/aromatic N) is 1. The predicted molar refractivity (Wildman–Crippen MR) is 351 cm³/mol. The van der Waals surface area contributed by atoms with Gasteiger partial charge in [0.05, 0.1) is 40.3 Å². The number of carbonyl (C=O) groups is 3. The number of aliphatic carboxylic acids is 1. The molecule has 0 saturated heterocycles. The second-order valence-corrected chi connectivity index (χ2v) is 21.6. The fourth-order valence-corrected chi connectivity index (χ4v) is 7.83. The molecule has 0 amide bonds. The molecule has 464 valence electrons. The number of rotatable bonds is 56. The smallest absolute Gasteiger partial charge is 0.306 e. The van der Waals surface area contributed by atoms with Crippen LogP contribution in [-0.2, 0) is 33.3 Å². The zero-order valence-corrected chi connectivity index (χ0v) is 52.7. The van der Waals surface area contributed by atoms with Crippen molar-refractivity contribution in [1.82, 2.24) is 0 Å². The Bertz CT molecular complexity index is 2010. The van der Waals surface area contributed by atoms with Crippen LogP contribution < -0.4 is 5.11 Å². The molecule has 0 aliphatic heterocycles. The van der Waals surface area contributed by atoms with E-state index in [4.69, 9.17) is 18.9 Å². The number of unbranched alkanes of at least 4 members (excludes halogenated alkanes) is 11. The van der Waals surface area contributed by atoms with Crippen molar-refractivity contribution in [3.63, 3.8) is 0 Å². The van der Waals surface area contributed by atoms with E-state index in [-0.39, 0.29) is 32.7 Å². The molecule has 0 heterocycles. The average molecular weight is 1150 g/mol. The third-order valence-electron chi connectivity index (χ3n) is 12.6. The summed E-state index contributed by atoms with van der Waals surface area (Å²) in [5.41, 5.74) is 0. The Morgan fingerprint density at radius 1 is 0.361 bits per heavy atom. The molecule has 0 aromatic carbocycles. The van der Waals surface area contributed by atoms with Gasteiger partial charge in [-0.3, -0.25) is 9.59 Å². The van der Waals surface area contributed by atoms with E-state index in [1.54, 1.807) is 0 Å². The number of esters is 2. The van der Waals surface area contributed by atoms with Gasteiger partial charge in [0, 0.05) is 12.8 Å². The molecule has 0 aliphatic carbocycles. The lowest BCUT2D eigenvalue weighted by Crippen LogP contribution is -2.44. The Morgan fingerprint density at radius 3 is 1.00 bits per heavy atom. The lowest BCUT2D eigenvalue weighted by atomic mass is 10.0. The van der Waals surface area contributed by atoms with Crippen LogP contribution in [0.5, 0.6) is 0 Å². The zero-order chi connectivity index (χ0) is 60.5. The number of carbonyl (C=O) groups excluding carboxylic acids is 3. The summed E-state index contributed by atoms with van der Waals surface area (Å²) in [6.45, 7) is 4.41. The van der Waals surface area contributed by atoms with E-state index < -0.39 is 30.3 Å². The van der Waals surface area contributed by atoms with Crippen LogP contribution in [0.15, 0.2) is 182 Å². The lowest BCUT2D eigenvalue weighted by molar-refractivity contribution is -0.870. The Balaban J connectivity index is 4.21. The molecule has 0 fully saturated rings. The Labute approximate surface area is 507 Å².